The molecule has 0 saturated heterocycles. The third-order valence-electron chi connectivity index (χ3n) is 2.35. The minimum absolute atomic E-state index is 0.650. The van der Waals surface area contributed by atoms with Crippen LogP contribution in [0.15, 0.2) is 12.2 Å². The van der Waals surface area contributed by atoms with Crippen molar-refractivity contribution in [2.24, 2.45) is 0 Å². The van der Waals surface area contributed by atoms with Gasteiger partial charge in [-0.25, -0.2) is 0 Å². The van der Waals surface area contributed by atoms with Crippen LogP contribution in [0.2, 0.25) is 0 Å². The topological polar surface area (TPSA) is 12.0 Å². The maximum Gasteiger partial charge on any atom is 0.0101 e. The first kappa shape index (κ1) is 11.7. The smallest absolute Gasteiger partial charge is 0.0101 e. The van der Waals surface area contributed by atoms with Crippen molar-refractivity contribution in [3.05, 3.63) is 12.2 Å². The number of hydrogen-bond donors (Lipinski definition) is 1. The SMILES string of the molecule is C=C(CC)CC(CCCC)NC. The van der Waals surface area contributed by atoms with Crippen LogP contribution >= 0.6 is 0 Å². The minimum Gasteiger partial charge on any atom is -0.317 e. The van der Waals surface area contributed by atoms with Gasteiger partial charge in [-0.2, -0.15) is 0 Å². The standard InChI is InChI=1S/C11H23N/c1-5-7-8-11(12-4)9-10(3)6-2/h11-12H,3,5-9H2,1-2,4H3. The fourth-order valence-corrected chi connectivity index (χ4v) is 1.29. The molecule has 0 spiro atoms. The summed E-state index contributed by atoms with van der Waals surface area (Å²) in [6.45, 7) is 8.44. The maximum absolute atomic E-state index is 4.03. The zero-order chi connectivity index (χ0) is 9.40. The van der Waals surface area contributed by atoms with Crippen LogP contribution in [0.4, 0.5) is 0 Å². The summed E-state index contributed by atoms with van der Waals surface area (Å²) in [5.41, 5.74) is 1.37. The van der Waals surface area contributed by atoms with Crippen LogP contribution in [0.1, 0.15) is 46.0 Å². The van der Waals surface area contributed by atoms with E-state index in [9.17, 15) is 0 Å². The molecule has 0 fully saturated rings. The molecule has 1 atom stereocenters. The Hall–Kier alpha value is -0.300. The van der Waals surface area contributed by atoms with Gasteiger partial charge in [-0.15, -0.1) is 0 Å². The summed E-state index contributed by atoms with van der Waals surface area (Å²) in [7, 11) is 2.04. The van der Waals surface area contributed by atoms with Gasteiger partial charge in [0, 0.05) is 6.04 Å². The van der Waals surface area contributed by atoms with E-state index in [1.807, 2.05) is 7.05 Å². The molecule has 0 rings (SSSR count). The third kappa shape index (κ3) is 5.36. The predicted molar refractivity (Wildman–Crippen MR) is 56.4 cm³/mol. The molecule has 0 aliphatic heterocycles. The van der Waals surface area contributed by atoms with Gasteiger partial charge in [0.25, 0.3) is 0 Å². The van der Waals surface area contributed by atoms with E-state index in [1.54, 1.807) is 0 Å². The average molecular weight is 169 g/mol. The molecule has 12 heavy (non-hydrogen) atoms. The lowest BCUT2D eigenvalue weighted by atomic mass is 10.0. The van der Waals surface area contributed by atoms with Crippen LogP contribution in [-0.4, -0.2) is 13.1 Å². The molecule has 0 aromatic rings. The van der Waals surface area contributed by atoms with E-state index < -0.39 is 0 Å². The molecule has 1 unspecified atom stereocenters. The van der Waals surface area contributed by atoms with E-state index >= 15 is 0 Å². The molecular formula is C11H23N. The molecule has 0 heterocycles. The first-order valence-electron chi connectivity index (χ1n) is 5.08. The van der Waals surface area contributed by atoms with Crippen LogP contribution in [0.5, 0.6) is 0 Å². The molecule has 0 amide bonds. The van der Waals surface area contributed by atoms with E-state index in [0.29, 0.717) is 6.04 Å². The van der Waals surface area contributed by atoms with E-state index in [0.717, 1.165) is 12.8 Å². The lowest BCUT2D eigenvalue weighted by Crippen LogP contribution is -2.25. The highest BCUT2D eigenvalue weighted by atomic mass is 14.9. The average Bonchev–Trinajstić information content (AvgIpc) is 2.11. The van der Waals surface area contributed by atoms with Gasteiger partial charge in [-0.1, -0.05) is 38.8 Å². The lowest BCUT2D eigenvalue weighted by Gasteiger charge is -2.16. The summed E-state index contributed by atoms with van der Waals surface area (Å²) in [4.78, 5) is 0. The van der Waals surface area contributed by atoms with Gasteiger partial charge in [0.15, 0.2) is 0 Å². The largest absolute Gasteiger partial charge is 0.317 e. The highest BCUT2D eigenvalue weighted by Crippen LogP contribution is 2.11. The van der Waals surface area contributed by atoms with Gasteiger partial charge in [-0.3, -0.25) is 0 Å². The van der Waals surface area contributed by atoms with Crippen molar-refractivity contribution in [1.82, 2.24) is 5.32 Å². The molecule has 72 valence electrons. The molecule has 1 nitrogen and oxygen atoms in total. The molecular weight excluding hydrogens is 146 g/mol. The minimum atomic E-state index is 0.650. The quantitative estimate of drug-likeness (QED) is 0.577. The van der Waals surface area contributed by atoms with Crippen molar-refractivity contribution < 1.29 is 0 Å². The second-order valence-electron chi connectivity index (χ2n) is 3.44. The molecule has 1 heteroatoms. The van der Waals surface area contributed by atoms with Gasteiger partial charge in [0.1, 0.15) is 0 Å². The second-order valence-corrected chi connectivity index (χ2v) is 3.44. The zero-order valence-electron chi connectivity index (χ0n) is 8.82. The molecule has 0 aliphatic rings. The Labute approximate surface area is 77.2 Å². The first-order chi connectivity index (χ1) is 5.74. The van der Waals surface area contributed by atoms with Crippen LogP contribution in [-0.2, 0) is 0 Å². The first-order valence-corrected chi connectivity index (χ1v) is 5.08. The normalized spacial score (nSPS) is 12.9. The van der Waals surface area contributed by atoms with E-state index in [4.69, 9.17) is 0 Å². The fourth-order valence-electron chi connectivity index (χ4n) is 1.29. The third-order valence-corrected chi connectivity index (χ3v) is 2.35. The number of nitrogens with one attached hydrogen (secondary N) is 1. The summed E-state index contributed by atoms with van der Waals surface area (Å²) < 4.78 is 0. The Morgan fingerprint density at radius 3 is 2.50 bits per heavy atom. The molecule has 1 N–H and O–H groups in total. The van der Waals surface area contributed by atoms with Crippen molar-refractivity contribution in [2.75, 3.05) is 7.05 Å². The molecule has 0 radical (unpaired) electrons. The molecule has 0 bridgehead atoms. The Kier molecular flexibility index (Phi) is 7.17. The van der Waals surface area contributed by atoms with Crippen LogP contribution in [0, 0.1) is 0 Å². The van der Waals surface area contributed by atoms with Crippen molar-refractivity contribution in [2.45, 2.75) is 52.0 Å². The summed E-state index contributed by atoms with van der Waals surface area (Å²) >= 11 is 0. The molecule has 0 saturated carbocycles. The van der Waals surface area contributed by atoms with Crippen LogP contribution in [0.25, 0.3) is 0 Å². The lowest BCUT2D eigenvalue weighted by molar-refractivity contribution is 0.494. The van der Waals surface area contributed by atoms with E-state index in [-0.39, 0.29) is 0 Å². The highest BCUT2D eigenvalue weighted by molar-refractivity contribution is 4.96. The summed E-state index contributed by atoms with van der Waals surface area (Å²) in [5, 5.41) is 3.34. The van der Waals surface area contributed by atoms with Crippen molar-refractivity contribution >= 4 is 0 Å². The second kappa shape index (κ2) is 7.35. The summed E-state index contributed by atoms with van der Waals surface area (Å²) in [5.74, 6) is 0. The van der Waals surface area contributed by atoms with Gasteiger partial charge in [0.2, 0.25) is 0 Å². The maximum atomic E-state index is 4.03. The summed E-state index contributed by atoms with van der Waals surface area (Å²) in [6, 6.07) is 0.650. The zero-order valence-corrected chi connectivity index (χ0v) is 8.82. The summed E-state index contributed by atoms with van der Waals surface area (Å²) in [6.07, 6.45) is 6.16. The number of unbranched alkanes of at least 4 members (excludes halogenated alkanes) is 1. The Bertz CT molecular complexity index is 118. The van der Waals surface area contributed by atoms with Crippen LogP contribution in [0.3, 0.4) is 0 Å². The number of hydrogen-bond acceptors (Lipinski definition) is 1. The van der Waals surface area contributed by atoms with E-state index in [2.05, 4.69) is 25.7 Å². The van der Waals surface area contributed by atoms with Gasteiger partial charge >= 0.3 is 0 Å². The number of rotatable bonds is 7. The van der Waals surface area contributed by atoms with Gasteiger partial charge in [0.05, 0.1) is 0 Å². The van der Waals surface area contributed by atoms with Crippen LogP contribution < -0.4 is 5.32 Å². The fraction of sp³-hybridized carbons (Fsp3) is 0.818. The van der Waals surface area contributed by atoms with Crippen molar-refractivity contribution in [3.63, 3.8) is 0 Å². The van der Waals surface area contributed by atoms with Crippen molar-refractivity contribution in [1.29, 1.82) is 0 Å². The van der Waals surface area contributed by atoms with Crippen molar-refractivity contribution in [3.8, 4) is 0 Å². The van der Waals surface area contributed by atoms with Gasteiger partial charge < -0.3 is 5.32 Å². The molecule has 0 aliphatic carbocycles. The Morgan fingerprint density at radius 2 is 2.08 bits per heavy atom. The van der Waals surface area contributed by atoms with E-state index in [1.165, 1.54) is 24.8 Å². The Morgan fingerprint density at radius 1 is 1.42 bits per heavy atom. The highest BCUT2D eigenvalue weighted by Gasteiger charge is 2.05. The molecule has 0 aromatic heterocycles. The molecule has 0 aromatic carbocycles. The monoisotopic (exact) mass is 169 g/mol. The van der Waals surface area contributed by atoms with Gasteiger partial charge in [-0.05, 0) is 26.3 Å². The Balaban J connectivity index is 3.59. The predicted octanol–water partition coefficient (Wildman–Crippen LogP) is 3.12.